The van der Waals surface area contributed by atoms with Gasteiger partial charge in [-0.3, -0.25) is 28.2 Å². The molecule has 5 atom stereocenters. The number of fused-ring (bicyclic) bond motifs is 1. The molecule has 5 N–H and O–H groups in total. The van der Waals surface area contributed by atoms with Crippen molar-refractivity contribution in [2.45, 2.75) is 86.3 Å². The van der Waals surface area contributed by atoms with Gasteiger partial charge < -0.3 is 15.6 Å². The number of nitrogens with two attached hydrogens (primary N) is 1. The third kappa shape index (κ3) is 6.97. The maximum absolute atomic E-state index is 13.5. The lowest BCUT2D eigenvalue weighted by atomic mass is 9.67. The number of nitrogens with one attached hydrogen (secondary N) is 2. The Balaban J connectivity index is 1.63. The third-order valence-corrected chi connectivity index (χ3v) is 10.9. The number of aliphatic hydroxyl groups is 1. The van der Waals surface area contributed by atoms with Crippen molar-refractivity contribution >= 4 is 41.7 Å². The first kappa shape index (κ1) is 32.7. The van der Waals surface area contributed by atoms with E-state index in [2.05, 4.69) is 40.8 Å². The third-order valence-electron chi connectivity index (χ3n) is 7.90. The number of carbonyl (C=O) groups excluding carboxylic acids is 1. The number of aromatic amines is 1. The summed E-state index contributed by atoms with van der Waals surface area (Å²) in [5.41, 5.74) is 4.82. The predicted molar refractivity (Wildman–Crippen MR) is 155 cm³/mol. The molecule has 0 aromatic carbocycles. The van der Waals surface area contributed by atoms with Gasteiger partial charge in [-0.1, -0.05) is 59.7 Å². The van der Waals surface area contributed by atoms with Gasteiger partial charge in [0.15, 0.2) is 16.3 Å². The summed E-state index contributed by atoms with van der Waals surface area (Å²) in [4.78, 5) is 35.7. The first-order chi connectivity index (χ1) is 18.5. The standard InChI is InChI=1S/C25H43N6O7PS/c1-9-24(5,6)25(7,8)22(34)40-11-10-36-39(35,30-14(2)3)37-12-16-18(32)15(4)21(38-16)31-13-27-17-19(31)28-23(26)29-20(17)33/h13-16,18,21,32H,9-12H2,1-8H3,(H,30,35)(H3,26,28,29,33). The number of nitrogens with zero attached hydrogens (tertiary/aromatic N) is 3. The smallest absolute Gasteiger partial charge is 0.390 e. The van der Waals surface area contributed by atoms with Gasteiger partial charge in [-0.15, -0.1) is 0 Å². The molecule has 0 radical (unpaired) electrons. The van der Waals surface area contributed by atoms with Crippen LogP contribution < -0.4 is 16.4 Å². The Morgan fingerprint density at radius 2 is 2.02 bits per heavy atom. The molecule has 1 aliphatic heterocycles. The minimum Gasteiger partial charge on any atom is -0.390 e. The van der Waals surface area contributed by atoms with Crippen LogP contribution in [0.3, 0.4) is 0 Å². The molecule has 40 heavy (non-hydrogen) atoms. The van der Waals surface area contributed by atoms with E-state index in [4.69, 9.17) is 19.5 Å². The summed E-state index contributed by atoms with van der Waals surface area (Å²) in [6.45, 7) is 15.3. The molecule has 15 heteroatoms. The van der Waals surface area contributed by atoms with Crippen molar-refractivity contribution in [3.05, 3.63) is 16.7 Å². The molecule has 1 saturated heterocycles. The summed E-state index contributed by atoms with van der Waals surface area (Å²) in [5.74, 6) is -0.203. The van der Waals surface area contributed by atoms with E-state index in [0.29, 0.717) is 5.75 Å². The normalized spacial score (nSPS) is 23.6. The van der Waals surface area contributed by atoms with Crippen molar-refractivity contribution in [1.82, 2.24) is 24.6 Å². The van der Waals surface area contributed by atoms with Gasteiger partial charge in [0.2, 0.25) is 5.95 Å². The number of hydrogen-bond acceptors (Lipinski definition) is 11. The summed E-state index contributed by atoms with van der Waals surface area (Å²) >= 11 is 1.15. The Kier molecular flexibility index (Phi) is 10.3. The summed E-state index contributed by atoms with van der Waals surface area (Å²) in [6.07, 6.45) is -0.292. The monoisotopic (exact) mass is 602 g/mol. The number of H-pyrrole nitrogens is 1. The van der Waals surface area contributed by atoms with Gasteiger partial charge in [0.1, 0.15) is 12.3 Å². The van der Waals surface area contributed by atoms with Crippen LogP contribution >= 0.6 is 19.5 Å². The Hall–Kier alpha value is -1.80. The second-order valence-corrected chi connectivity index (χ2v) is 14.4. The summed E-state index contributed by atoms with van der Waals surface area (Å²) < 4.78 is 32.5. The van der Waals surface area contributed by atoms with E-state index >= 15 is 0 Å². The number of nitrogen functional groups attached to an aromatic ring is 1. The van der Waals surface area contributed by atoms with Crippen LogP contribution in [0.5, 0.6) is 0 Å². The highest BCUT2D eigenvalue weighted by Gasteiger charge is 2.44. The van der Waals surface area contributed by atoms with Crippen LogP contribution in [-0.2, 0) is 23.1 Å². The zero-order valence-electron chi connectivity index (χ0n) is 24.5. The molecular formula is C25H43N6O7PS. The van der Waals surface area contributed by atoms with E-state index in [9.17, 15) is 19.3 Å². The van der Waals surface area contributed by atoms with E-state index in [1.54, 1.807) is 20.8 Å². The van der Waals surface area contributed by atoms with Gasteiger partial charge in [0.05, 0.1) is 25.6 Å². The summed E-state index contributed by atoms with van der Waals surface area (Å²) in [5, 5.41) is 13.8. The highest BCUT2D eigenvalue weighted by molar-refractivity contribution is 8.13. The van der Waals surface area contributed by atoms with Gasteiger partial charge in [-0.2, -0.15) is 4.98 Å². The molecule has 1 fully saturated rings. The molecule has 1 aliphatic rings. The second kappa shape index (κ2) is 12.6. The van der Waals surface area contributed by atoms with Crippen LogP contribution in [-0.4, -0.2) is 67.0 Å². The molecule has 13 nitrogen and oxygen atoms in total. The molecule has 2 aromatic heterocycles. The quantitative estimate of drug-likeness (QED) is 0.194. The number of thioether (sulfide) groups is 1. The van der Waals surface area contributed by atoms with Crippen molar-refractivity contribution < 1.29 is 28.3 Å². The number of hydrogen-bond donors (Lipinski definition) is 4. The lowest BCUT2D eigenvalue weighted by Gasteiger charge is -2.39. The molecule has 226 valence electrons. The second-order valence-electron chi connectivity index (χ2n) is 11.6. The number of aliphatic hydroxyl groups excluding tert-OH is 1. The van der Waals surface area contributed by atoms with Crippen LogP contribution in [0.1, 0.15) is 68.0 Å². The lowest BCUT2D eigenvalue weighted by molar-refractivity contribution is -0.123. The molecular weight excluding hydrogens is 559 g/mol. The van der Waals surface area contributed by atoms with Crippen LogP contribution in [0.15, 0.2) is 11.1 Å². The SMILES string of the molecule is CCC(C)(C)C(C)(C)C(=O)SCCOP(=O)(NC(C)C)OCC1OC(n2cnc3c(=O)[nH]c(N)nc32)C(C)C1O. The molecule has 3 heterocycles. The molecule has 0 spiro atoms. The van der Waals surface area contributed by atoms with Gasteiger partial charge in [0, 0.05) is 23.1 Å². The van der Waals surface area contributed by atoms with Crippen LogP contribution in [0.25, 0.3) is 11.2 Å². The first-order valence-corrected chi connectivity index (χ1v) is 16.0. The topological polar surface area (TPSA) is 184 Å². The fourth-order valence-corrected chi connectivity index (χ4v) is 6.91. The predicted octanol–water partition coefficient (Wildman–Crippen LogP) is 3.46. The van der Waals surface area contributed by atoms with Gasteiger partial charge in [-0.05, 0) is 19.3 Å². The average Bonchev–Trinajstić information content (AvgIpc) is 3.40. The number of ether oxygens (including phenoxy) is 1. The number of carbonyl (C=O) groups is 1. The Morgan fingerprint density at radius 1 is 1.35 bits per heavy atom. The first-order valence-electron chi connectivity index (χ1n) is 13.4. The summed E-state index contributed by atoms with van der Waals surface area (Å²) in [7, 11) is -3.80. The highest BCUT2D eigenvalue weighted by atomic mass is 32.2. The van der Waals surface area contributed by atoms with E-state index < -0.39 is 43.1 Å². The van der Waals surface area contributed by atoms with E-state index in [1.807, 2.05) is 13.8 Å². The molecule has 0 bridgehead atoms. The van der Waals surface area contributed by atoms with Gasteiger partial charge >= 0.3 is 7.75 Å². The molecule has 5 unspecified atom stereocenters. The van der Waals surface area contributed by atoms with Gasteiger partial charge in [-0.25, -0.2) is 14.6 Å². The van der Waals surface area contributed by atoms with Crippen LogP contribution in [0, 0.1) is 16.7 Å². The number of aromatic nitrogens is 4. The molecule has 0 saturated carbocycles. The fourth-order valence-electron chi connectivity index (χ4n) is 4.27. The van der Waals surface area contributed by atoms with Crippen molar-refractivity contribution in [3.8, 4) is 0 Å². The van der Waals surface area contributed by atoms with E-state index in [0.717, 1.165) is 18.2 Å². The minimum absolute atomic E-state index is 0.0196. The van der Waals surface area contributed by atoms with Crippen molar-refractivity contribution in [2.75, 3.05) is 24.7 Å². The highest BCUT2D eigenvalue weighted by Crippen LogP contribution is 2.47. The molecule has 2 aromatic rings. The zero-order valence-corrected chi connectivity index (χ0v) is 26.2. The Labute approximate surface area is 238 Å². The van der Waals surface area contributed by atoms with E-state index in [1.165, 1.54) is 10.9 Å². The van der Waals surface area contributed by atoms with Crippen LogP contribution in [0.4, 0.5) is 5.95 Å². The number of imidazole rings is 1. The average molecular weight is 603 g/mol. The number of anilines is 1. The number of rotatable bonds is 13. The molecule has 0 amide bonds. The largest absolute Gasteiger partial charge is 0.405 e. The van der Waals surface area contributed by atoms with Gasteiger partial charge in [0.25, 0.3) is 5.56 Å². The minimum atomic E-state index is -3.80. The van der Waals surface area contributed by atoms with E-state index in [-0.39, 0.29) is 46.9 Å². The Morgan fingerprint density at radius 3 is 2.65 bits per heavy atom. The lowest BCUT2D eigenvalue weighted by Crippen LogP contribution is -2.38. The van der Waals surface area contributed by atoms with Crippen molar-refractivity contribution in [3.63, 3.8) is 0 Å². The molecule has 3 rings (SSSR count). The Bertz CT molecular complexity index is 1300. The van der Waals surface area contributed by atoms with Crippen LogP contribution in [0.2, 0.25) is 0 Å². The van der Waals surface area contributed by atoms with Crippen molar-refractivity contribution in [1.29, 1.82) is 0 Å². The zero-order chi connectivity index (χ0) is 30.0. The van der Waals surface area contributed by atoms with Crippen molar-refractivity contribution in [2.24, 2.45) is 16.7 Å². The molecule has 0 aliphatic carbocycles. The maximum Gasteiger partial charge on any atom is 0.405 e. The maximum atomic E-state index is 13.5. The summed E-state index contributed by atoms with van der Waals surface area (Å²) in [6, 6.07) is -0.225. The fraction of sp³-hybridized carbons (Fsp3) is 0.760.